The van der Waals surface area contributed by atoms with Gasteiger partial charge in [-0.3, -0.25) is 0 Å². The van der Waals surface area contributed by atoms with Crippen molar-refractivity contribution in [2.75, 3.05) is 26.2 Å². The van der Waals surface area contributed by atoms with Crippen LogP contribution in [-0.2, 0) is 10.1 Å². The molecule has 0 heterocycles. The molecule has 1 atom stereocenters. The lowest BCUT2D eigenvalue weighted by atomic mass is 10.0. The molecule has 0 saturated heterocycles. The maximum atomic E-state index is 13.1. The summed E-state index contributed by atoms with van der Waals surface area (Å²) in [7, 11) is -7.08. The van der Waals surface area contributed by atoms with Crippen molar-refractivity contribution in [2.45, 2.75) is 83.6 Å². The lowest BCUT2D eigenvalue weighted by Gasteiger charge is -2.35. The predicted molar refractivity (Wildman–Crippen MR) is 96.0 cm³/mol. The quantitative estimate of drug-likeness (QED) is 0.173. The Hall–Kier alpha value is -0.620. The van der Waals surface area contributed by atoms with Crippen molar-refractivity contribution in [2.24, 2.45) is 0 Å². The van der Waals surface area contributed by atoms with Gasteiger partial charge in [-0.2, -0.15) is 26.3 Å². The number of hydrogen-bond acceptors (Lipinski definition) is 3. The Morgan fingerprint density at radius 2 is 1.21 bits per heavy atom. The van der Waals surface area contributed by atoms with Crippen LogP contribution in [0, 0.1) is 0 Å². The smallest absolute Gasteiger partial charge is 0.402 e. The summed E-state index contributed by atoms with van der Waals surface area (Å²) >= 11 is 0. The summed E-state index contributed by atoms with van der Waals surface area (Å²) in [5.74, 6) is -12.6. The summed E-state index contributed by atoms with van der Waals surface area (Å²) in [5.41, 5.74) is 0. The molecule has 0 aliphatic rings. The van der Waals surface area contributed by atoms with E-state index in [1.807, 2.05) is 0 Å². The Balaban J connectivity index is 0. The first-order valence-corrected chi connectivity index (χ1v) is 11.0. The molecule has 0 bridgehead atoms. The maximum Gasteiger partial charge on any atom is 0.402 e. The van der Waals surface area contributed by atoms with Gasteiger partial charge in [0, 0.05) is 0 Å². The van der Waals surface area contributed by atoms with Gasteiger partial charge in [0.15, 0.2) is 16.3 Å². The standard InChI is InChI=1S/C9H13F7O3S.C8H20N/c1-2-3-4-5-6(10)7(11,12)8(13,14)9(15,16)20(17,18)19;1-5-9(6-2,7-3)8-4/h6H,2-5H2,1H3,(H,17,18,19);5-8H2,1-4H3/q;+1/p-1. The Bertz CT molecular complexity index is 550. The molecular formula is C17H32F7NO3S. The number of halogens is 7. The largest absolute Gasteiger partial charge is 0.743 e. The summed E-state index contributed by atoms with van der Waals surface area (Å²) in [6, 6.07) is 0. The number of quaternary nitrogens is 1. The fraction of sp³-hybridized carbons (Fsp3) is 1.00. The number of alkyl halides is 7. The lowest BCUT2D eigenvalue weighted by molar-refractivity contribution is -0.921. The molecule has 1 unspecified atom stereocenters. The average molecular weight is 464 g/mol. The Labute approximate surface area is 168 Å². The molecule has 0 aromatic rings. The zero-order valence-corrected chi connectivity index (χ0v) is 18.3. The number of unbranched alkanes of at least 4 members (excludes halogenated alkanes) is 2. The molecule has 29 heavy (non-hydrogen) atoms. The van der Waals surface area contributed by atoms with Crippen molar-refractivity contribution in [3.05, 3.63) is 0 Å². The van der Waals surface area contributed by atoms with Gasteiger partial charge in [-0.1, -0.05) is 26.2 Å². The first-order valence-electron chi connectivity index (χ1n) is 9.55. The molecule has 0 rings (SSSR count). The highest BCUT2D eigenvalue weighted by Crippen LogP contribution is 2.50. The normalized spacial score (nSPS) is 14.9. The highest BCUT2D eigenvalue weighted by molar-refractivity contribution is 7.86. The third-order valence-electron chi connectivity index (χ3n) is 5.24. The van der Waals surface area contributed by atoms with Crippen molar-refractivity contribution >= 4 is 10.1 Å². The fourth-order valence-electron chi connectivity index (χ4n) is 2.64. The van der Waals surface area contributed by atoms with Crippen LogP contribution in [-0.4, -0.2) is 66.9 Å². The van der Waals surface area contributed by atoms with Gasteiger partial charge in [0.05, 0.1) is 26.2 Å². The van der Waals surface area contributed by atoms with Crippen molar-refractivity contribution in [1.82, 2.24) is 0 Å². The van der Waals surface area contributed by atoms with Crippen molar-refractivity contribution in [3.8, 4) is 0 Å². The molecule has 0 saturated carbocycles. The van der Waals surface area contributed by atoms with Crippen LogP contribution in [0.5, 0.6) is 0 Å². The first-order chi connectivity index (χ1) is 13.0. The predicted octanol–water partition coefficient (Wildman–Crippen LogP) is 5.20. The monoisotopic (exact) mass is 463 g/mol. The van der Waals surface area contributed by atoms with E-state index in [-0.39, 0.29) is 12.8 Å². The number of nitrogens with zero attached hydrogens (tertiary/aromatic N) is 1. The summed E-state index contributed by atoms with van der Waals surface area (Å²) in [6.07, 6.45) is -4.51. The molecule has 12 heteroatoms. The van der Waals surface area contributed by atoms with Crippen molar-refractivity contribution in [1.29, 1.82) is 0 Å². The summed E-state index contributed by atoms with van der Waals surface area (Å²) in [6.45, 7) is 15.8. The lowest BCUT2D eigenvalue weighted by Crippen LogP contribution is -2.61. The molecule has 178 valence electrons. The molecule has 4 nitrogen and oxygen atoms in total. The summed E-state index contributed by atoms with van der Waals surface area (Å²) in [4.78, 5) is 0. The van der Waals surface area contributed by atoms with Gasteiger partial charge >= 0.3 is 17.1 Å². The highest BCUT2D eigenvalue weighted by Gasteiger charge is 2.77. The van der Waals surface area contributed by atoms with Gasteiger partial charge < -0.3 is 9.04 Å². The minimum atomic E-state index is -7.08. The second-order valence-electron chi connectivity index (χ2n) is 6.74. The average Bonchev–Trinajstić information content (AvgIpc) is 2.63. The number of hydrogen-bond donors (Lipinski definition) is 0. The van der Waals surface area contributed by atoms with E-state index in [1.165, 1.54) is 30.7 Å². The molecule has 0 radical (unpaired) electrons. The van der Waals surface area contributed by atoms with Gasteiger partial charge in [0.1, 0.15) is 0 Å². The zero-order valence-electron chi connectivity index (χ0n) is 17.5. The van der Waals surface area contributed by atoms with Crippen LogP contribution in [0.15, 0.2) is 0 Å². The van der Waals surface area contributed by atoms with E-state index < -0.39 is 39.8 Å². The Kier molecular flexibility index (Phi) is 12.3. The minimum Gasteiger partial charge on any atom is -0.743 e. The molecule has 0 fully saturated rings. The molecule has 0 aromatic heterocycles. The van der Waals surface area contributed by atoms with Gasteiger partial charge in [-0.05, 0) is 34.1 Å². The molecule has 0 N–H and O–H groups in total. The van der Waals surface area contributed by atoms with Crippen LogP contribution in [0.2, 0.25) is 0 Å². The Morgan fingerprint density at radius 1 is 0.828 bits per heavy atom. The number of rotatable bonds is 12. The molecular weight excluding hydrogens is 431 g/mol. The molecule has 0 aliphatic carbocycles. The Morgan fingerprint density at radius 3 is 1.45 bits per heavy atom. The van der Waals surface area contributed by atoms with Crippen LogP contribution >= 0.6 is 0 Å². The van der Waals surface area contributed by atoms with E-state index in [0.29, 0.717) is 6.42 Å². The third kappa shape index (κ3) is 7.23. The van der Waals surface area contributed by atoms with Gasteiger partial charge in [-0.25, -0.2) is 12.8 Å². The van der Waals surface area contributed by atoms with Crippen LogP contribution in [0.25, 0.3) is 0 Å². The van der Waals surface area contributed by atoms with E-state index in [0.717, 1.165) is 0 Å². The van der Waals surface area contributed by atoms with Crippen molar-refractivity contribution < 1.29 is 48.2 Å². The minimum absolute atomic E-state index is 0.193. The van der Waals surface area contributed by atoms with Crippen LogP contribution < -0.4 is 0 Å². The van der Waals surface area contributed by atoms with E-state index >= 15 is 0 Å². The molecule has 0 aromatic carbocycles. The zero-order chi connectivity index (χ0) is 23.7. The second-order valence-corrected chi connectivity index (χ2v) is 8.16. The SMILES string of the molecule is CCCCCC(F)C(F)(F)C(F)(F)C(F)(F)S(=O)(=O)[O-].CC[N+](CC)(CC)CC. The highest BCUT2D eigenvalue weighted by atomic mass is 32.2. The summed E-state index contributed by atoms with van der Waals surface area (Å²) < 4.78 is 122. The maximum absolute atomic E-state index is 13.1. The second kappa shape index (κ2) is 11.7. The van der Waals surface area contributed by atoms with E-state index in [2.05, 4.69) is 27.7 Å². The van der Waals surface area contributed by atoms with Crippen LogP contribution in [0.1, 0.15) is 60.3 Å². The van der Waals surface area contributed by atoms with Gasteiger partial charge in [0.2, 0.25) is 0 Å². The molecule has 0 aliphatic heterocycles. The fourth-order valence-corrected chi connectivity index (χ4v) is 3.09. The van der Waals surface area contributed by atoms with E-state index in [9.17, 15) is 43.7 Å². The first kappa shape index (κ1) is 30.6. The van der Waals surface area contributed by atoms with Crippen LogP contribution in [0.4, 0.5) is 30.7 Å². The van der Waals surface area contributed by atoms with Gasteiger partial charge in [0.25, 0.3) is 0 Å². The van der Waals surface area contributed by atoms with E-state index in [4.69, 9.17) is 0 Å². The van der Waals surface area contributed by atoms with Gasteiger partial charge in [-0.15, -0.1) is 0 Å². The van der Waals surface area contributed by atoms with E-state index in [1.54, 1.807) is 6.92 Å². The van der Waals surface area contributed by atoms with Crippen LogP contribution in [0.3, 0.4) is 0 Å². The topological polar surface area (TPSA) is 57.2 Å². The molecule has 0 spiro atoms. The summed E-state index contributed by atoms with van der Waals surface area (Å²) in [5, 5.41) is -6.61. The molecule has 0 amide bonds. The third-order valence-corrected chi connectivity index (χ3v) is 6.12. The van der Waals surface area contributed by atoms with Crippen molar-refractivity contribution in [3.63, 3.8) is 0 Å².